The number of hydrazine groups is 1. The molecule has 1 rings (SSSR count). The highest BCUT2D eigenvalue weighted by molar-refractivity contribution is 9.09. The van der Waals surface area contributed by atoms with Gasteiger partial charge in [0, 0.05) is 37.9 Å². The summed E-state index contributed by atoms with van der Waals surface area (Å²) < 4.78 is 0. The normalized spacial score (nSPS) is 19.1. The SMILES string of the molecule is CN1CCN(NC(=O)CCCCBr)CC1. The van der Waals surface area contributed by atoms with Crippen molar-refractivity contribution in [2.75, 3.05) is 38.6 Å². The summed E-state index contributed by atoms with van der Waals surface area (Å²) >= 11 is 3.36. The molecular formula is C10H20BrN3O. The summed E-state index contributed by atoms with van der Waals surface area (Å²) in [7, 11) is 2.11. The monoisotopic (exact) mass is 277 g/mol. The van der Waals surface area contributed by atoms with Gasteiger partial charge in [-0.05, 0) is 19.9 Å². The Hall–Kier alpha value is -0.130. The summed E-state index contributed by atoms with van der Waals surface area (Å²) in [6.07, 6.45) is 2.67. The van der Waals surface area contributed by atoms with Crippen LogP contribution in [0.25, 0.3) is 0 Å². The van der Waals surface area contributed by atoms with Crippen LogP contribution in [-0.2, 0) is 4.79 Å². The molecular weight excluding hydrogens is 258 g/mol. The smallest absolute Gasteiger partial charge is 0.234 e. The van der Waals surface area contributed by atoms with E-state index in [1.165, 1.54) is 0 Å². The van der Waals surface area contributed by atoms with E-state index in [4.69, 9.17) is 0 Å². The molecule has 0 unspecified atom stereocenters. The lowest BCUT2D eigenvalue weighted by molar-refractivity contribution is -0.126. The lowest BCUT2D eigenvalue weighted by Crippen LogP contribution is -2.52. The Bertz CT molecular complexity index is 193. The average Bonchev–Trinajstić information content (AvgIpc) is 2.22. The zero-order valence-corrected chi connectivity index (χ0v) is 10.9. The number of amides is 1. The first-order valence-electron chi connectivity index (χ1n) is 5.51. The minimum absolute atomic E-state index is 0.153. The van der Waals surface area contributed by atoms with Gasteiger partial charge >= 0.3 is 0 Å². The van der Waals surface area contributed by atoms with Crippen molar-refractivity contribution in [2.45, 2.75) is 19.3 Å². The first-order valence-corrected chi connectivity index (χ1v) is 6.63. The number of carbonyl (C=O) groups is 1. The van der Waals surface area contributed by atoms with E-state index in [1.54, 1.807) is 0 Å². The molecule has 15 heavy (non-hydrogen) atoms. The zero-order valence-electron chi connectivity index (χ0n) is 9.34. The molecule has 0 spiro atoms. The van der Waals surface area contributed by atoms with Gasteiger partial charge < -0.3 is 4.90 Å². The molecule has 0 aromatic heterocycles. The summed E-state index contributed by atoms with van der Waals surface area (Å²) in [6, 6.07) is 0. The van der Waals surface area contributed by atoms with Crippen molar-refractivity contribution in [3.05, 3.63) is 0 Å². The number of alkyl halides is 1. The molecule has 0 aromatic carbocycles. The van der Waals surface area contributed by atoms with Gasteiger partial charge in [-0.25, -0.2) is 5.01 Å². The lowest BCUT2D eigenvalue weighted by Gasteiger charge is -2.32. The molecule has 1 aliphatic rings. The van der Waals surface area contributed by atoms with Gasteiger partial charge in [-0.1, -0.05) is 15.9 Å². The third-order valence-electron chi connectivity index (χ3n) is 2.57. The predicted octanol–water partition coefficient (Wildman–Crippen LogP) is 0.830. The van der Waals surface area contributed by atoms with Crippen LogP contribution in [0.4, 0.5) is 0 Å². The van der Waals surface area contributed by atoms with E-state index in [0.29, 0.717) is 6.42 Å². The molecule has 0 saturated carbocycles. The summed E-state index contributed by atoms with van der Waals surface area (Å²) in [4.78, 5) is 13.8. The zero-order chi connectivity index (χ0) is 11.1. The van der Waals surface area contributed by atoms with Crippen LogP contribution in [0, 0.1) is 0 Å². The molecule has 0 aromatic rings. The first kappa shape index (κ1) is 12.9. The van der Waals surface area contributed by atoms with Gasteiger partial charge in [0.2, 0.25) is 5.91 Å². The van der Waals surface area contributed by atoms with E-state index < -0.39 is 0 Å². The average molecular weight is 278 g/mol. The molecule has 5 heteroatoms. The number of unbranched alkanes of at least 4 members (excludes halogenated alkanes) is 1. The maximum absolute atomic E-state index is 11.5. The predicted molar refractivity (Wildman–Crippen MR) is 64.9 cm³/mol. The number of nitrogens with one attached hydrogen (secondary N) is 1. The van der Waals surface area contributed by atoms with Crippen LogP contribution >= 0.6 is 15.9 Å². The molecule has 1 aliphatic heterocycles. The van der Waals surface area contributed by atoms with Gasteiger partial charge in [0.15, 0.2) is 0 Å². The van der Waals surface area contributed by atoms with E-state index in [9.17, 15) is 4.79 Å². The molecule has 0 bridgehead atoms. The number of rotatable bonds is 5. The maximum atomic E-state index is 11.5. The molecule has 0 aliphatic carbocycles. The highest BCUT2D eigenvalue weighted by atomic mass is 79.9. The van der Waals surface area contributed by atoms with Crippen molar-refractivity contribution >= 4 is 21.8 Å². The van der Waals surface area contributed by atoms with Gasteiger partial charge in [0.1, 0.15) is 0 Å². The Morgan fingerprint density at radius 1 is 1.27 bits per heavy atom. The number of nitrogens with zero attached hydrogens (tertiary/aromatic N) is 2. The Balaban J connectivity index is 2.09. The van der Waals surface area contributed by atoms with E-state index >= 15 is 0 Å². The molecule has 1 N–H and O–H groups in total. The third-order valence-corrected chi connectivity index (χ3v) is 3.13. The van der Waals surface area contributed by atoms with Crippen LogP contribution in [-0.4, -0.2) is 54.4 Å². The number of piperazine rings is 1. The Morgan fingerprint density at radius 2 is 1.93 bits per heavy atom. The second kappa shape index (κ2) is 7.19. The minimum atomic E-state index is 0.153. The highest BCUT2D eigenvalue weighted by Gasteiger charge is 2.14. The van der Waals surface area contributed by atoms with Crippen LogP contribution < -0.4 is 5.43 Å². The molecule has 88 valence electrons. The van der Waals surface area contributed by atoms with E-state index in [2.05, 4.69) is 33.3 Å². The van der Waals surface area contributed by atoms with Crippen molar-refractivity contribution < 1.29 is 4.79 Å². The summed E-state index contributed by atoms with van der Waals surface area (Å²) in [6.45, 7) is 3.92. The Morgan fingerprint density at radius 3 is 2.53 bits per heavy atom. The largest absolute Gasteiger partial charge is 0.304 e. The van der Waals surface area contributed by atoms with E-state index in [0.717, 1.165) is 44.4 Å². The van der Waals surface area contributed by atoms with Gasteiger partial charge in [-0.3, -0.25) is 10.2 Å². The molecule has 4 nitrogen and oxygen atoms in total. The fraction of sp³-hybridized carbons (Fsp3) is 0.900. The van der Waals surface area contributed by atoms with Gasteiger partial charge in [-0.2, -0.15) is 0 Å². The quantitative estimate of drug-likeness (QED) is 0.597. The number of halogens is 1. The first-order chi connectivity index (χ1) is 7.22. The van der Waals surface area contributed by atoms with Crippen molar-refractivity contribution in [1.29, 1.82) is 0 Å². The fourth-order valence-electron chi connectivity index (χ4n) is 1.53. The molecule has 1 heterocycles. The number of carbonyl (C=O) groups excluding carboxylic acids is 1. The van der Waals surface area contributed by atoms with Crippen LogP contribution in [0.5, 0.6) is 0 Å². The van der Waals surface area contributed by atoms with Crippen LogP contribution in [0.2, 0.25) is 0 Å². The van der Waals surface area contributed by atoms with E-state index in [1.807, 2.05) is 5.01 Å². The highest BCUT2D eigenvalue weighted by Crippen LogP contribution is 2.00. The van der Waals surface area contributed by atoms with Crippen LogP contribution in [0.1, 0.15) is 19.3 Å². The Kier molecular flexibility index (Phi) is 6.20. The molecule has 1 saturated heterocycles. The van der Waals surface area contributed by atoms with Crippen molar-refractivity contribution in [3.63, 3.8) is 0 Å². The van der Waals surface area contributed by atoms with E-state index in [-0.39, 0.29) is 5.91 Å². The number of hydrogen-bond donors (Lipinski definition) is 1. The van der Waals surface area contributed by atoms with Gasteiger partial charge in [0.05, 0.1) is 0 Å². The Labute approximate surface area is 100 Å². The summed E-state index contributed by atoms with van der Waals surface area (Å²) in [5, 5.41) is 3.01. The van der Waals surface area contributed by atoms with Crippen LogP contribution in [0.3, 0.4) is 0 Å². The standard InChI is InChI=1S/C10H20BrN3O/c1-13-6-8-14(9-7-13)12-10(15)4-2-3-5-11/h2-9H2,1H3,(H,12,15). The second-order valence-corrected chi connectivity index (χ2v) is 4.76. The van der Waals surface area contributed by atoms with Gasteiger partial charge in [-0.15, -0.1) is 0 Å². The second-order valence-electron chi connectivity index (χ2n) is 3.97. The summed E-state index contributed by atoms with van der Waals surface area (Å²) in [5.74, 6) is 0.153. The van der Waals surface area contributed by atoms with Crippen molar-refractivity contribution in [3.8, 4) is 0 Å². The molecule has 0 atom stereocenters. The maximum Gasteiger partial charge on any atom is 0.234 e. The minimum Gasteiger partial charge on any atom is -0.304 e. The molecule has 0 radical (unpaired) electrons. The van der Waals surface area contributed by atoms with Crippen molar-refractivity contribution in [1.82, 2.24) is 15.3 Å². The van der Waals surface area contributed by atoms with Gasteiger partial charge in [0.25, 0.3) is 0 Å². The lowest BCUT2D eigenvalue weighted by atomic mass is 10.2. The fourth-order valence-corrected chi connectivity index (χ4v) is 1.93. The topological polar surface area (TPSA) is 35.6 Å². The number of likely N-dealkylation sites (N-methyl/N-ethyl adjacent to an activating group) is 1. The van der Waals surface area contributed by atoms with Crippen LogP contribution in [0.15, 0.2) is 0 Å². The molecule has 1 fully saturated rings. The summed E-state index contributed by atoms with van der Waals surface area (Å²) in [5.41, 5.74) is 2.95. The number of hydrogen-bond acceptors (Lipinski definition) is 3. The third kappa shape index (κ3) is 5.49. The molecule has 1 amide bonds. The van der Waals surface area contributed by atoms with Crippen molar-refractivity contribution in [2.24, 2.45) is 0 Å².